The Morgan fingerprint density at radius 1 is 1.37 bits per heavy atom. The summed E-state index contributed by atoms with van der Waals surface area (Å²) in [6.45, 7) is 0.471. The largest absolute Gasteiger partial charge is 0.506 e. The van der Waals surface area contributed by atoms with E-state index in [4.69, 9.17) is 11.6 Å². The van der Waals surface area contributed by atoms with Crippen LogP contribution in [0.5, 0.6) is 5.75 Å². The number of carbonyl (C=O) groups excluding carboxylic acids is 1. The molecule has 1 saturated carbocycles. The minimum atomic E-state index is -0.322. The van der Waals surface area contributed by atoms with Crippen molar-refractivity contribution >= 4 is 17.5 Å². The number of aliphatic hydroxyl groups is 1. The highest BCUT2D eigenvalue weighted by Crippen LogP contribution is 2.25. The summed E-state index contributed by atoms with van der Waals surface area (Å²) in [4.78, 5) is 11.9. The molecule has 2 unspecified atom stereocenters. The molecular formula is C14H18ClNO3. The maximum atomic E-state index is 11.9. The second kappa shape index (κ2) is 6.26. The molecule has 1 fully saturated rings. The van der Waals surface area contributed by atoms with Gasteiger partial charge in [-0.1, -0.05) is 24.4 Å². The van der Waals surface area contributed by atoms with Crippen LogP contribution in [0.15, 0.2) is 18.2 Å². The molecule has 2 rings (SSSR count). The van der Waals surface area contributed by atoms with Gasteiger partial charge in [0.1, 0.15) is 5.75 Å². The Morgan fingerprint density at radius 2 is 2.11 bits per heavy atom. The van der Waals surface area contributed by atoms with Gasteiger partial charge in [0.15, 0.2) is 0 Å². The van der Waals surface area contributed by atoms with Crippen molar-refractivity contribution < 1.29 is 15.0 Å². The van der Waals surface area contributed by atoms with Crippen molar-refractivity contribution in [3.63, 3.8) is 0 Å². The first kappa shape index (κ1) is 14.2. The number of nitrogens with one attached hydrogen (secondary N) is 1. The van der Waals surface area contributed by atoms with Crippen molar-refractivity contribution in [2.45, 2.75) is 31.8 Å². The number of phenols is 1. The zero-order chi connectivity index (χ0) is 13.8. The summed E-state index contributed by atoms with van der Waals surface area (Å²) >= 11 is 5.76. The van der Waals surface area contributed by atoms with Gasteiger partial charge in [-0.15, -0.1) is 0 Å². The third kappa shape index (κ3) is 3.61. The van der Waals surface area contributed by atoms with Gasteiger partial charge < -0.3 is 15.5 Å². The van der Waals surface area contributed by atoms with Gasteiger partial charge in [0.05, 0.1) is 11.1 Å². The number of halogens is 1. The third-order valence-corrected chi connectivity index (χ3v) is 3.91. The van der Waals surface area contributed by atoms with Crippen LogP contribution in [0.2, 0.25) is 5.02 Å². The predicted molar refractivity (Wildman–Crippen MR) is 73.4 cm³/mol. The second-order valence-corrected chi connectivity index (χ2v) is 5.40. The Hall–Kier alpha value is -1.26. The van der Waals surface area contributed by atoms with E-state index >= 15 is 0 Å². The third-order valence-electron chi connectivity index (χ3n) is 3.60. The number of hydrogen-bond acceptors (Lipinski definition) is 3. The minimum absolute atomic E-state index is 0.0408. The first-order valence-electron chi connectivity index (χ1n) is 6.52. The van der Waals surface area contributed by atoms with Crippen molar-refractivity contribution in [3.05, 3.63) is 28.8 Å². The predicted octanol–water partition coefficient (Wildman–Crippen LogP) is 2.33. The fourth-order valence-corrected chi connectivity index (χ4v) is 2.58. The van der Waals surface area contributed by atoms with Crippen LogP contribution in [0, 0.1) is 5.92 Å². The van der Waals surface area contributed by atoms with Crippen molar-refractivity contribution in [3.8, 4) is 5.75 Å². The summed E-state index contributed by atoms with van der Waals surface area (Å²) in [6, 6.07) is 4.35. The van der Waals surface area contributed by atoms with Crippen LogP contribution in [-0.2, 0) is 0 Å². The maximum Gasteiger partial charge on any atom is 0.251 e. The van der Waals surface area contributed by atoms with Crippen LogP contribution >= 0.6 is 11.6 Å². The summed E-state index contributed by atoms with van der Waals surface area (Å²) in [5.74, 6) is -0.147. The number of hydrogen-bond donors (Lipinski definition) is 3. The van der Waals surface area contributed by atoms with Gasteiger partial charge in [-0.2, -0.15) is 0 Å². The molecule has 0 saturated heterocycles. The van der Waals surface area contributed by atoms with E-state index in [2.05, 4.69) is 5.32 Å². The second-order valence-electron chi connectivity index (χ2n) is 4.99. The molecule has 3 N–H and O–H groups in total. The molecule has 4 nitrogen and oxygen atoms in total. The quantitative estimate of drug-likeness (QED) is 0.797. The highest BCUT2D eigenvalue weighted by atomic mass is 35.5. The molecule has 1 amide bonds. The molecule has 2 atom stereocenters. The maximum absolute atomic E-state index is 11.9. The Kier molecular flexibility index (Phi) is 4.66. The van der Waals surface area contributed by atoms with Crippen LogP contribution in [0.3, 0.4) is 0 Å². The smallest absolute Gasteiger partial charge is 0.251 e. The molecule has 0 aliphatic heterocycles. The Balaban J connectivity index is 1.91. The van der Waals surface area contributed by atoms with Crippen LogP contribution in [0.4, 0.5) is 0 Å². The normalized spacial score (nSPS) is 23.1. The summed E-state index contributed by atoms with van der Waals surface area (Å²) < 4.78 is 0. The number of amides is 1. The summed E-state index contributed by atoms with van der Waals surface area (Å²) in [6.07, 6.45) is 3.59. The van der Waals surface area contributed by atoms with Gasteiger partial charge >= 0.3 is 0 Å². The fraction of sp³-hybridized carbons (Fsp3) is 0.500. The zero-order valence-electron chi connectivity index (χ0n) is 10.6. The molecule has 1 aromatic rings. The molecule has 0 aromatic heterocycles. The van der Waals surface area contributed by atoms with E-state index in [1.165, 1.54) is 18.2 Å². The van der Waals surface area contributed by atoms with E-state index in [0.717, 1.165) is 25.7 Å². The van der Waals surface area contributed by atoms with Crippen LogP contribution in [-0.4, -0.2) is 28.8 Å². The number of aromatic hydroxyl groups is 1. The lowest BCUT2D eigenvalue weighted by Crippen LogP contribution is -2.36. The van der Waals surface area contributed by atoms with Crippen LogP contribution < -0.4 is 5.32 Å². The fourth-order valence-electron chi connectivity index (χ4n) is 2.40. The molecule has 0 bridgehead atoms. The van der Waals surface area contributed by atoms with Crippen molar-refractivity contribution in [2.75, 3.05) is 6.54 Å². The summed E-state index contributed by atoms with van der Waals surface area (Å²) in [5, 5.41) is 22.1. The number of carbonyl (C=O) groups is 1. The topological polar surface area (TPSA) is 69.6 Å². The van der Waals surface area contributed by atoms with E-state index in [1.807, 2.05) is 0 Å². The van der Waals surface area contributed by atoms with Gasteiger partial charge in [0, 0.05) is 18.0 Å². The van der Waals surface area contributed by atoms with Gasteiger partial charge in [0.2, 0.25) is 0 Å². The van der Waals surface area contributed by atoms with Crippen molar-refractivity contribution in [1.82, 2.24) is 5.32 Å². The van der Waals surface area contributed by atoms with E-state index in [9.17, 15) is 15.0 Å². The number of aliphatic hydroxyl groups excluding tert-OH is 1. The molecule has 1 aliphatic carbocycles. The molecule has 104 valence electrons. The molecule has 0 radical (unpaired) electrons. The Labute approximate surface area is 117 Å². The summed E-state index contributed by atoms with van der Waals surface area (Å²) in [5.41, 5.74) is 0.410. The average Bonchev–Trinajstić information content (AvgIpc) is 2.40. The average molecular weight is 284 g/mol. The van der Waals surface area contributed by atoms with E-state index in [-0.39, 0.29) is 28.7 Å². The first-order chi connectivity index (χ1) is 9.08. The van der Waals surface area contributed by atoms with Crippen LogP contribution in [0.1, 0.15) is 36.0 Å². The lowest BCUT2D eigenvalue weighted by atomic mass is 9.86. The molecule has 19 heavy (non-hydrogen) atoms. The van der Waals surface area contributed by atoms with E-state index < -0.39 is 0 Å². The number of benzene rings is 1. The highest BCUT2D eigenvalue weighted by Gasteiger charge is 2.23. The monoisotopic (exact) mass is 283 g/mol. The molecule has 1 aromatic carbocycles. The minimum Gasteiger partial charge on any atom is -0.506 e. The number of rotatable bonds is 3. The van der Waals surface area contributed by atoms with Gasteiger partial charge in [0.25, 0.3) is 5.91 Å². The van der Waals surface area contributed by atoms with Crippen LogP contribution in [0.25, 0.3) is 0 Å². The van der Waals surface area contributed by atoms with Gasteiger partial charge in [-0.05, 0) is 31.0 Å². The Morgan fingerprint density at radius 3 is 2.79 bits per heavy atom. The van der Waals surface area contributed by atoms with Crippen molar-refractivity contribution in [2.24, 2.45) is 5.92 Å². The van der Waals surface area contributed by atoms with E-state index in [1.54, 1.807) is 0 Å². The van der Waals surface area contributed by atoms with Crippen molar-refractivity contribution in [1.29, 1.82) is 0 Å². The molecule has 5 heteroatoms. The zero-order valence-corrected chi connectivity index (χ0v) is 11.4. The van der Waals surface area contributed by atoms with Gasteiger partial charge in [-0.25, -0.2) is 0 Å². The standard InChI is InChI=1S/C14H18ClNO3/c15-11-7-9(5-6-13(11)18)14(19)16-8-10-3-1-2-4-12(10)17/h5-7,10,12,17-18H,1-4,8H2,(H,16,19). The van der Waals surface area contributed by atoms with Gasteiger partial charge in [-0.3, -0.25) is 4.79 Å². The summed E-state index contributed by atoms with van der Waals surface area (Å²) in [7, 11) is 0. The molecule has 0 heterocycles. The Bertz CT molecular complexity index is 464. The first-order valence-corrected chi connectivity index (χ1v) is 6.90. The molecule has 0 spiro atoms. The molecular weight excluding hydrogens is 266 g/mol. The number of phenolic OH excluding ortho intramolecular Hbond substituents is 1. The lowest BCUT2D eigenvalue weighted by molar-refractivity contribution is 0.0663. The lowest BCUT2D eigenvalue weighted by Gasteiger charge is -2.27. The molecule has 1 aliphatic rings. The highest BCUT2D eigenvalue weighted by molar-refractivity contribution is 6.32. The van der Waals surface area contributed by atoms with E-state index in [0.29, 0.717) is 12.1 Å². The SMILES string of the molecule is O=C(NCC1CCCCC1O)c1ccc(O)c(Cl)c1.